The molecule has 4 nitrogen and oxygen atoms in total. The molecule has 0 unspecified atom stereocenters. The van der Waals surface area contributed by atoms with E-state index in [1.807, 2.05) is 67.6 Å². The zero-order valence-electron chi connectivity index (χ0n) is 16.1. The van der Waals surface area contributed by atoms with Crippen LogP contribution >= 0.6 is 0 Å². The highest BCUT2D eigenvalue weighted by molar-refractivity contribution is 6.01. The molecule has 0 radical (unpaired) electrons. The van der Waals surface area contributed by atoms with Gasteiger partial charge in [-0.3, -0.25) is 4.79 Å². The number of ether oxygens (including phenoxy) is 1. The Kier molecular flexibility index (Phi) is 6.08. The molecule has 140 valence electrons. The first kappa shape index (κ1) is 19.2. The van der Waals surface area contributed by atoms with Crippen molar-refractivity contribution >= 4 is 5.91 Å². The fourth-order valence-corrected chi connectivity index (χ4v) is 3.18. The van der Waals surface area contributed by atoms with Crippen LogP contribution in [0.25, 0.3) is 11.1 Å². The molecule has 0 saturated carbocycles. The Morgan fingerprint density at radius 3 is 2.36 bits per heavy atom. The molecule has 0 heterocycles. The average molecular weight is 370 g/mol. The van der Waals surface area contributed by atoms with Crippen molar-refractivity contribution in [2.24, 2.45) is 0 Å². The molecule has 0 saturated heterocycles. The Bertz CT molecular complexity index is 1020. The quantitative estimate of drug-likeness (QED) is 0.620. The van der Waals surface area contributed by atoms with Crippen LogP contribution in [0, 0.1) is 11.3 Å². The molecule has 0 bridgehead atoms. The summed E-state index contributed by atoms with van der Waals surface area (Å²) in [7, 11) is 1.78. The normalized spacial score (nSPS) is 10.2. The lowest BCUT2D eigenvalue weighted by molar-refractivity contribution is 0.0785. The summed E-state index contributed by atoms with van der Waals surface area (Å²) in [4.78, 5) is 14.9. The molecule has 3 aromatic carbocycles. The Hall–Kier alpha value is -3.58. The minimum atomic E-state index is -0.102. The predicted molar refractivity (Wildman–Crippen MR) is 110 cm³/mol. The smallest absolute Gasteiger partial charge is 0.254 e. The summed E-state index contributed by atoms with van der Waals surface area (Å²) >= 11 is 0. The van der Waals surface area contributed by atoms with Gasteiger partial charge in [-0.1, -0.05) is 54.6 Å². The number of nitrogens with zero attached hydrogens (tertiary/aromatic N) is 2. The van der Waals surface area contributed by atoms with Crippen LogP contribution in [0.3, 0.4) is 0 Å². The number of nitriles is 1. The van der Waals surface area contributed by atoms with Crippen molar-refractivity contribution in [3.63, 3.8) is 0 Å². The number of amides is 1. The van der Waals surface area contributed by atoms with Gasteiger partial charge in [-0.05, 0) is 30.7 Å². The highest BCUT2D eigenvalue weighted by atomic mass is 16.5. The molecular formula is C24H22N2O2. The standard InChI is InChI=1S/C24H22N2O2/c1-3-28-23-15-9-5-11-19(23)17-26(2)24(27)22-14-8-7-13-21(22)20-12-6-4-10-18(20)16-25/h4-15H,3,17H2,1-2H3. The van der Waals surface area contributed by atoms with Gasteiger partial charge in [-0.25, -0.2) is 0 Å². The van der Waals surface area contributed by atoms with Crippen molar-refractivity contribution in [1.29, 1.82) is 5.26 Å². The molecule has 0 spiro atoms. The van der Waals surface area contributed by atoms with Crippen LogP contribution in [-0.2, 0) is 6.54 Å². The summed E-state index contributed by atoms with van der Waals surface area (Å²) in [6.45, 7) is 2.94. The number of carbonyl (C=O) groups excluding carboxylic acids is 1. The van der Waals surface area contributed by atoms with Crippen LogP contribution in [0.4, 0.5) is 0 Å². The number of rotatable bonds is 6. The minimum Gasteiger partial charge on any atom is -0.494 e. The highest BCUT2D eigenvalue weighted by Crippen LogP contribution is 2.28. The van der Waals surface area contributed by atoms with E-state index in [9.17, 15) is 10.1 Å². The van der Waals surface area contributed by atoms with Gasteiger partial charge in [0, 0.05) is 30.3 Å². The summed E-state index contributed by atoms with van der Waals surface area (Å²) < 4.78 is 5.67. The van der Waals surface area contributed by atoms with Crippen molar-refractivity contribution in [3.05, 3.63) is 89.5 Å². The first-order valence-electron chi connectivity index (χ1n) is 9.20. The van der Waals surface area contributed by atoms with Crippen molar-refractivity contribution in [2.45, 2.75) is 13.5 Å². The van der Waals surface area contributed by atoms with E-state index in [1.165, 1.54) is 0 Å². The van der Waals surface area contributed by atoms with Gasteiger partial charge in [0.15, 0.2) is 0 Å². The van der Waals surface area contributed by atoms with Crippen LogP contribution in [0.5, 0.6) is 5.75 Å². The largest absolute Gasteiger partial charge is 0.494 e. The van der Waals surface area contributed by atoms with E-state index < -0.39 is 0 Å². The van der Waals surface area contributed by atoms with Gasteiger partial charge in [0.25, 0.3) is 5.91 Å². The van der Waals surface area contributed by atoms with Crippen LogP contribution in [0.2, 0.25) is 0 Å². The fraction of sp³-hybridized carbons (Fsp3) is 0.167. The summed E-state index contributed by atoms with van der Waals surface area (Å²) in [6.07, 6.45) is 0. The zero-order chi connectivity index (χ0) is 19.9. The second-order valence-electron chi connectivity index (χ2n) is 6.40. The van der Waals surface area contributed by atoms with Crippen LogP contribution in [0.1, 0.15) is 28.4 Å². The monoisotopic (exact) mass is 370 g/mol. The lowest BCUT2D eigenvalue weighted by Crippen LogP contribution is -2.27. The summed E-state index contributed by atoms with van der Waals surface area (Å²) in [5, 5.41) is 9.44. The van der Waals surface area contributed by atoms with Crippen LogP contribution < -0.4 is 4.74 Å². The number of hydrogen-bond acceptors (Lipinski definition) is 3. The minimum absolute atomic E-state index is 0.102. The van der Waals surface area contributed by atoms with E-state index in [1.54, 1.807) is 24.1 Å². The van der Waals surface area contributed by atoms with E-state index in [0.29, 0.717) is 24.3 Å². The SMILES string of the molecule is CCOc1ccccc1CN(C)C(=O)c1ccccc1-c1ccccc1C#N. The van der Waals surface area contributed by atoms with Crippen LogP contribution in [-0.4, -0.2) is 24.5 Å². The second-order valence-corrected chi connectivity index (χ2v) is 6.40. The van der Waals surface area contributed by atoms with Crippen molar-refractivity contribution in [2.75, 3.05) is 13.7 Å². The Morgan fingerprint density at radius 1 is 0.964 bits per heavy atom. The lowest BCUT2D eigenvalue weighted by Gasteiger charge is -2.21. The van der Waals surface area contributed by atoms with Gasteiger partial charge in [0.2, 0.25) is 0 Å². The topological polar surface area (TPSA) is 53.3 Å². The molecule has 1 amide bonds. The van der Waals surface area contributed by atoms with Crippen molar-refractivity contribution in [3.8, 4) is 22.9 Å². The average Bonchev–Trinajstić information content (AvgIpc) is 2.74. The third kappa shape index (κ3) is 4.05. The molecular weight excluding hydrogens is 348 g/mol. The van der Waals surface area contributed by atoms with E-state index in [-0.39, 0.29) is 5.91 Å². The maximum Gasteiger partial charge on any atom is 0.254 e. The maximum absolute atomic E-state index is 13.2. The van der Waals surface area contributed by atoms with Crippen molar-refractivity contribution in [1.82, 2.24) is 4.90 Å². The van der Waals surface area contributed by atoms with E-state index >= 15 is 0 Å². The number of carbonyl (C=O) groups is 1. The summed E-state index contributed by atoms with van der Waals surface area (Å²) in [5.74, 6) is 0.683. The van der Waals surface area contributed by atoms with Gasteiger partial charge >= 0.3 is 0 Å². The van der Waals surface area contributed by atoms with E-state index in [0.717, 1.165) is 22.4 Å². The Morgan fingerprint density at radius 2 is 1.61 bits per heavy atom. The Labute approximate surface area is 165 Å². The number of hydrogen-bond donors (Lipinski definition) is 0. The highest BCUT2D eigenvalue weighted by Gasteiger charge is 2.19. The van der Waals surface area contributed by atoms with Crippen molar-refractivity contribution < 1.29 is 9.53 Å². The summed E-state index contributed by atoms with van der Waals surface area (Å²) in [6, 6.07) is 24.7. The van der Waals surface area contributed by atoms with E-state index in [4.69, 9.17) is 4.74 Å². The predicted octanol–water partition coefficient (Wildman–Crippen LogP) is 4.90. The number of para-hydroxylation sites is 1. The molecule has 0 atom stereocenters. The zero-order valence-corrected chi connectivity index (χ0v) is 16.1. The molecule has 28 heavy (non-hydrogen) atoms. The fourth-order valence-electron chi connectivity index (χ4n) is 3.18. The molecule has 0 aromatic heterocycles. The molecule has 0 N–H and O–H groups in total. The third-order valence-corrected chi connectivity index (χ3v) is 4.52. The summed E-state index contributed by atoms with van der Waals surface area (Å²) in [5.41, 5.74) is 3.59. The lowest BCUT2D eigenvalue weighted by atomic mass is 9.95. The molecule has 0 aliphatic rings. The van der Waals surface area contributed by atoms with Gasteiger partial charge in [0.05, 0.1) is 18.2 Å². The number of benzene rings is 3. The first-order valence-corrected chi connectivity index (χ1v) is 9.20. The van der Waals surface area contributed by atoms with Crippen LogP contribution in [0.15, 0.2) is 72.8 Å². The van der Waals surface area contributed by atoms with Gasteiger partial charge in [-0.2, -0.15) is 5.26 Å². The van der Waals surface area contributed by atoms with E-state index in [2.05, 4.69) is 6.07 Å². The molecule has 4 heteroatoms. The van der Waals surface area contributed by atoms with Gasteiger partial charge in [0.1, 0.15) is 5.75 Å². The second kappa shape index (κ2) is 8.88. The molecule has 0 aliphatic carbocycles. The molecule has 3 aromatic rings. The van der Waals surface area contributed by atoms with Gasteiger partial charge in [-0.15, -0.1) is 0 Å². The first-order chi connectivity index (χ1) is 13.7. The Balaban J connectivity index is 1.93. The van der Waals surface area contributed by atoms with Gasteiger partial charge < -0.3 is 9.64 Å². The maximum atomic E-state index is 13.2. The third-order valence-electron chi connectivity index (χ3n) is 4.52. The molecule has 0 aliphatic heterocycles. The molecule has 0 fully saturated rings. The molecule has 3 rings (SSSR count).